The Kier molecular flexibility index (Phi) is 6.02. The SMILES string of the molecule is CCCN(CC)C(CN)c1ccc(C(C)(C)C)cc1. The largest absolute Gasteiger partial charge is 0.329 e. The zero-order chi connectivity index (χ0) is 14.5. The average Bonchev–Trinajstić information content (AvgIpc) is 2.38. The molecule has 0 heterocycles. The zero-order valence-corrected chi connectivity index (χ0v) is 13.2. The molecule has 0 spiro atoms. The third-order valence-corrected chi connectivity index (χ3v) is 3.74. The molecule has 0 aliphatic rings. The van der Waals surface area contributed by atoms with Gasteiger partial charge in [0.1, 0.15) is 0 Å². The van der Waals surface area contributed by atoms with E-state index in [2.05, 4.69) is 63.8 Å². The van der Waals surface area contributed by atoms with E-state index in [1.54, 1.807) is 0 Å². The topological polar surface area (TPSA) is 29.3 Å². The number of likely N-dealkylation sites (N-methyl/N-ethyl adjacent to an activating group) is 1. The number of benzene rings is 1. The van der Waals surface area contributed by atoms with Crippen molar-refractivity contribution in [1.29, 1.82) is 0 Å². The lowest BCUT2D eigenvalue weighted by Gasteiger charge is -2.30. The molecule has 108 valence electrons. The van der Waals surface area contributed by atoms with E-state index in [0.717, 1.165) is 13.1 Å². The van der Waals surface area contributed by atoms with Gasteiger partial charge in [0.25, 0.3) is 0 Å². The molecule has 2 nitrogen and oxygen atoms in total. The van der Waals surface area contributed by atoms with E-state index < -0.39 is 0 Å². The first-order valence-corrected chi connectivity index (χ1v) is 7.48. The number of rotatable bonds is 6. The normalized spacial score (nSPS) is 13.8. The van der Waals surface area contributed by atoms with Crippen LogP contribution in [0.5, 0.6) is 0 Å². The molecule has 1 unspecified atom stereocenters. The van der Waals surface area contributed by atoms with Gasteiger partial charge < -0.3 is 5.73 Å². The molecule has 0 saturated heterocycles. The molecular weight excluding hydrogens is 232 g/mol. The van der Waals surface area contributed by atoms with Crippen molar-refractivity contribution in [2.45, 2.75) is 52.5 Å². The highest BCUT2D eigenvalue weighted by atomic mass is 15.2. The Morgan fingerprint density at radius 3 is 2.05 bits per heavy atom. The van der Waals surface area contributed by atoms with E-state index >= 15 is 0 Å². The molecule has 19 heavy (non-hydrogen) atoms. The van der Waals surface area contributed by atoms with Crippen molar-refractivity contribution in [3.63, 3.8) is 0 Å². The van der Waals surface area contributed by atoms with Crippen molar-refractivity contribution in [2.75, 3.05) is 19.6 Å². The van der Waals surface area contributed by atoms with Gasteiger partial charge in [0.05, 0.1) is 0 Å². The molecule has 0 amide bonds. The molecule has 1 atom stereocenters. The highest BCUT2D eigenvalue weighted by molar-refractivity contribution is 5.29. The van der Waals surface area contributed by atoms with Crippen molar-refractivity contribution in [1.82, 2.24) is 4.90 Å². The Morgan fingerprint density at radius 1 is 1.11 bits per heavy atom. The van der Waals surface area contributed by atoms with Crippen LogP contribution in [0.15, 0.2) is 24.3 Å². The minimum atomic E-state index is 0.213. The monoisotopic (exact) mass is 262 g/mol. The Hall–Kier alpha value is -0.860. The number of nitrogens with two attached hydrogens (primary N) is 1. The van der Waals surface area contributed by atoms with Crippen LogP contribution >= 0.6 is 0 Å². The molecule has 1 aromatic carbocycles. The van der Waals surface area contributed by atoms with Crippen LogP contribution < -0.4 is 5.73 Å². The third-order valence-electron chi connectivity index (χ3n) is 3.74. The molecule has 0 bridgehead atoms. The van der Waals surface area contributed by atoms with Crippen LogP contribution in [0.25, 0.3) is 0 Å². The van der Waals surface area contributed by atoms with Gasteiger partial charge in [-0.25, -0.2) is 0 Å². The van der Waals surface area contributed by atoms with E-state index in [1.807, 2.05) is 0 Å². The van der Waals surface area contributed by atoms with Crippen molar-refractivity contribution >= 4 is 0 Å². The lowest BCUT2D eigenvalue weighted by atomic mass is 9.86. The van der Waals surface area contributed by atoms with E-state index in [4.69, 9.17) is 5.73 Å². The second-order valence-electron chi connectivity index (χ2n) is 6.25. The van der Waals surface area contributed by atoms with E-state index in [1.165, 1.54) is 17.5 Å². The highest BCUT2D eigenvalue weighted by Crippen LogP contribution is 2.25. The molecule has 0 fully saturated rings. The van der Waals surface area contributed by atoms with Gasteiger partial charge in [0, 0.05) is 12.6 Å². The molecule has 0 aliphatic carbocycles. The van der Waals surface area contributed by atoms with Crippen molar-refractivity contribution in [3.8, 4) is 0 Å². The summed E-state index contributed by atoms with van der Waals surface area (Å²) >= 11 is 0. The first-order valence-electron chi connectivity index (χ1n) is 7.48. The van der Waals surface area contributed by atoms with Gasteiger partial charge in [-0.3, -0.25) is 4.90 Å². The molecule has 2 heteroatoms. The summed E-state index contributed by atoms with van der Waals surface area (Å²) in [4.78, 5) is 2.46. The third kappa shape index (κ3) is 4.32. The summed E-state index contributed by atoms with van der Waals surface area (Å²) in [5.74, 6) is 0. The first kappa shape index (κ1) is 16.2. The van der Waals surface area contributed by atoms with Crippen LogP contribution in [0, 0.1) is 0 Å². The smallest absolute Gasteiger partial charge is 0.0470 e. The first-order chi connectivity index (χ1) is 8.93. The quantitative estimate of drug-likeness (QED) is 0.846. The van der Waals surface area contributed by atoms with Gasteiger partial charge in [0.15, 0.2) is 0 Å². The summed E-state index contributed by atoms with van der Waals surface area (Å²) in [5.41, 5.74) is 8.93. The molecule has 1 aromatic rings. The number of hydrogen-bond acceptors (Lipinski definition) is 2. The van der Waals surface area contributed by atoms with E-state index in [9.17, 15) is 0 Å². The van der Waals surface area contributed by atoms with Crippen molar-refractivity contribution < 1.29 is 0 Å². The van der Waals surface area contributed by atoms with Gasteiger partial charge in [-0.2, -0.15) is 0 Å². The van der Waals surface area contributed by atoms with Gasteiger partial charge in [-0.05, 0) is 36.1 Å². The van der Waals surface area contributed by atoms with Crippen molar-refractivity contribution in [2.24, 2.45) is 5.73 Å². The minimum absolute atomic E-state index is 0.213. The van der Waals surface area contributed by atoms with Crippen LogP contribution in [0.1, 0.15) is 58.2 Å². The second kappa shape index (κ2) is 7.06. The van der Waals surface area contributed by atoms with Crippen molar-refractivity contribution in [3.05, 3.63) is 35.4 Å². The van der Waals surface area contributed by atoms with Crippen LogP contribution in [0.4, 0.5) is 0 Å². The summed E-state index contributed by atoms with van der Waals surface area (Å²) in [6.07, 6.45) is 1.17. The maximum absolute atomic E-state index is 5.99. The van der Waals surface area contributed by atoms with Crippen LogP contribution in [0.3, 0.4) is 0 Å². The van der Waals surface area contributed by atoms with Gasteiger partial charge in [-0.15, -0.1) is 0 Å². The molecule has 0 aromatic heterocycles. The van der Waals surface area contributed by atoms with Crippen LogP contribution in [-0.2, 0) is 5.41 Å². The average molecular weight is 262 g/mol. The Morgan fingerprint density at radius 2 is 1.68 bits per heavy atom. The highest BCUT2D eigenvalue weighted by Gasteiger charge is 2.18. The fourth-order valence-corrected chi connectivity index (χ4v) is 2.52. The predicted molar refractivity (Wildman–Crippen MR) is 84.5 cm³/mol. The molecular formula is C17H30N2. The predicted octanol–water partition coefficient (Wildman–Crippen LogP) is 3.72. The lowest BCUT2D eigenvalue weighted by molar-refractivity contribution is 0.213. The fraction of sp³-hybridized carbons (Fsp3) is 0.647. The fourth-order valence-electron chi connectivity index (χ4n) is 2.52. The molecule has 0 aliphatic heterocycles. The zero-order valence-electron chi connectivity index (χ0n) is 13.2. The van der Waals surface area contributed by atoms with Crippen LogP contribution in [0.2, 0.25) is 0 Å². The molecule has 1 rings (SSSR count). The van der Waals surface area contributed by atoms with Gasteiger partial charge in [0.2, 0.25) is 0 Å². The van der Waals surface area contributed by atoms with E-state index in [-0.39, 0.29) is 5.41 Å². The minimum Gasteiger partial charge on any atom is -0.329 e. The maximum Gasteiger partial charge on any atom is 0.0470 e. The molecule has 2 N–H and O–H groups in total. The lowest BCUT2D eigenvalue weighted by Crippen LogP contribution is -2.34. The Labute approximate surface area is 119 Å². The van der Waals surface area contributed by atoms with E-state index in [0.29, 0.717) is 12.6 Å². The molecule has 0 radical (unpaired) electrons. The second-order valence-corrected chi connectivity index (χ2v) is 6.25. The summed E-state index contributed by atoms with van der Waals surface area (Å²) in [6.45, 7) is 14.0. The standard InChI is InChI=1S/C17H30N2/c1-6-12-19(7-2)16(13-18)14-8-10-15(11-9-14)17(3,4)5/h8-11,16H,6-7,12-13,18H2,1-5H3. The Balaban J connectivity index is 2.93. The number of nitrogens with zero attached hydrogens (tertiary/aromatic N) is 1. The number of hydrogen-bond donors (Lipinski definition) is 1. The summed E-state index contributed by atoms with van der Waals surface area (Å²) in [6, 6.07) is 9.33. The Bertz CT molecular complexity index is 362. The summed E-state index contributed by atoms with van der Waals surface area (Å²) < 4.78 is 0. The summed E-state index contributed by atoms with van der Waals surface area (Å²) in [5, 5.41) is 0. The molecule has 0 saturated carbocycles. The van der Waals surface area contributed by atoms with Gasteiger partial charge >= 0.3 is 0 Å². The van der Waals surface area contributed by atoms with Crippen LogP contribution in [-0.4, -0.2) is 24.5 Å². The summed E-state index contributed by atoms with van der Waals surface area (Å²) in [7, 11) is 0. The maximum atomic E-state index is 5.99. The van der Waals surface area contributed by atoms with Gasteiger partial charge in [-0.1, -0.05) is 58.9 Å².